The van der Waals surface area contributed by atoms with E-state index in [4.69, 9.17) is 0 Å². The molecule has 1 aliphatic carbocycles. The summed E-state index contributed by atoms with van der Waals surface area (Å²) in [6, 6.07) is 0. The van der Waals surface area contributed by atoms with E-state index in [1.807, 2.05) is 0 Å². The van der Waals surface area contributed by atoms with E-state index < -0.39 is 5.60 Å². The highest BCUT2D eigenvalue weighted by Gasteiger charge is 2.43. The fourth-order valence-corrected chi connectivity index (χ4v) is 1.97. The number of rotatable bonds is 1. The molecule has 3 nitrogen and oxygen atoms in total. The summed E-state index contributed by atoms with van der Waals surface area (Å²) >= 11 is 0. The summed E-state index contributed by atoms with van der Waals surface area (Å²) in [7, 11) is 0. The first-order valence-electron chi connectivity index (χ1n) is 4.88. The van der Waals surface area contributed by atoms with Crippen LogP contribution < -0.4 is 0 Å². The Bertz CT molecular complexity index is 383. The second-order valence-electron chi connectivity index (χ2n) is 4.10. The molecule has 0 fully saturated rings. The first-order chi connectivity index (χ1) is 6.74. The molecule has 82 valence electrons. The molecule has 15 heavy (non-hydrogen) atoms. The van der Waals surface area contributed by atoms with Gasteiger partial charge in [-0.1, -0.05) is 0 Å². The minimum atomic E-state index is -1.58. The first-order valence-corrected chi connectivity index (χ1v) is 4.88. The molecule has 1 aliphatic rings. The second kappa shape index (κ2) is 3.42. The molecule has 0 saturated carbocycles. The number of ketones is 2. The maximum absolute atomic E-state index is 11.7. The number of Topliss-reactive ketones (excluding diaryl/α,β-unsaturated/α-hetero) is 2. The van der Waals surface area contributed by atoms with Crippen molar-refractivity contribution in [2.45, 2.75) is 40.2 Å². The van der Waals surface area contributed by atoms with Crippen LogP contribution in [0.5, 0.6) is 0 Å². The lowest BCUT2D eigenvalue weighted by Crippen LogP contribution is -2.44. The Morgan fingerprint density at radius 1 is 1.07 bits per heavy atom. The van der Waals surface area contributed by atoms with Crippen LogP contribution in [0.4, 0.5) is 0 Å². The van der Waals surface area contributed by atoms with Gasteiger partial charge in [-0.05, 0) is 56.9 Å². The highest BCUT2D eigenvalue weighted by atomic mass is 16.3. The van der Waals surface area contributed by atoms with Crippen LogP contribution in [0.1, 0.15) is 34.6 Å². The van der Waals surface area contributed by atoms with Gasteiger partial charge in [-0.2, -0.15) is 0 Å². The Hall–Kier alpha value is -1.22. The molecular formula is C12H16O3. The third-order valence-corrected chi connectivity index (χ3v) is 3.40. The fraction of sp³-hybridized carbons (Fsp3) is 0.500. The number of carbonyl (C=O) groups excluding carboxylic acids is 2. The average molecular weight is 208 g/mol. The maximum Gasteiger partial charge on any atom is 0.184 e. The van der Waals surface area contributed by atoms with Crippen molar-refractivity contribution < 1.29 is 14.7 Å². The molecule has 0 bridgehead atoms. The van der Waals surface area contributed by atoms with Crippen LogP contribution in [0.2, 0.25) is 0 Å². The molecule has 0 aromatic heterocycles. The molecule has 0 saturated heterocycles. The van der Waals surface area contributed by atoms with E-state index in [9.17, 15) is 14.7 Å². The van der Waals surface area contributed by atoms with E-state index in [0.717, 1.165) is 0 Å². The summed E-state index contributed by atoms with van der Waals surface area (Å²) in [6.07, 6.45) is 0. The molecular weight excluding hydrogens is 192 g/mol. The van der Waals surface area contributed by atoms with Crippen molar-refractivity contribution in [3.8, 4) is 0 Å². The van der Waals surface area contributed by atoms with Gasteiger partial charge in [-0.15, -0.1) is 0 Å². The third kappa shape index (κ3) is 1.38. The van der Waals surface area contributed by atoms with Crippen molar-refractivity contribution in [2.75, 3.05) is 0 Å². The van der Waals surface area contributed by atoms with Crippen LogP contribution in [0, 0.1) is 0 Å². The molecule has 0 spiro atoms. The SMILES string of the molecule is CC(=O)C1(O)C(C)=C(C)C(=O)C(C)=C1C. The zero-order valence-corrected chi connectivity index (χ0v) is 9.76. The predicted octanol–water partition coefficient (Wildman–Crippen LogP) is 1.56. The van der Waals surface area contributed by atoms with Gasteiger partial charge in [-0.3, -0.25) is 9.59 Å². The molecule has 0 atom stereocenters. The van der Waals surface area contributed by atoms with Gasteiger partial charge >= 0.3 is 0 Å². The lowest BCUT2D eigenvalue weighted by atomic mass is 9.74. The number of aliphatic hydroxyl groups is 1. The number of allylic oxidation sites excluding steroid dienone is 2. The van der Waals surface area contributed by atoms with E-state index in [1.165, 1.54) is 6.92 Å². The third-order valence-electron chi connectivity index (χ3n) is 3.40. The molecule has 0 amide bonds. The standard InChI is InChI=1S/C12H16O3/c1-6-8(3)12(15,10(5)13)9(4)7(2)11(6)14/h15H,1-5H3. The predicted molar refractivity (Wildman–Crippen MR) is 57.4 cm³/mol. The summed E-state index contributed by atoms with van der Waals surface area (Å²) in [5, 5.41) is 10.3. The van der Waals surface area contributed by atoms with Gasteiger partial charge in [0.25, 0.3) is 0 Å². The topological polar surface area (TPSA) is 54.4 Å². The maximum atomic E-state index is 11.7. The molecule has 0 aliphatic heterocycles. The number of hydrogen-bond donors (Lipinski definition) is 1. The molecule has 1 N–H and O–H groups in total. The van der Waals surface area contributed by atoms with Crippen molar-refractivity contribution in [2.24, 2.45) is 0 Å². The Morgan fingerprint density at radius 3 is 1.67 bits per heavy atom. The molecule has 0 heterocycles. The van der Waals surface area contributed by atoms with Crippen LogP contribution in [-0.2, 0) is 9.59 Å². The summed E-state index contributed by atoms with van der Waals surface area (Å²) in [5.74, 6) is -0.431. The summed E-state index contributed by atoms with van der Waals surface area (Å²) in [5.41, 5.74) is 0.250. The van der Waals surface area contributed by atoms with Gasteiger partial charge in [0.15, 0.2) is 17.2 Å². The minimum Gasteiger partial charge on any atom is -0.374 e. The van der Waals surface area contributed by atoms with Crippen LogP contribution in [-0.4, -0.2) is 22.3 Å². The van der Waals surface area contributed by atoms with Crippen molar-refractivity contribution in [1.29, 1.82) is 0 Å². The average Bonchev–Trinajstić information content (AvgIpc) is 2.20. The van der Waals surface area contributed by atoms with Gasteiger partial charge < -0.3 is 5.11 Å². The normalized spacial score (nSPS) is 21.1. The second-order valence-corrected chi connectivity index (χ2v) is 4.10. The van der Waals surface area contributed by atoms with E-state index >= 15 is 0 Å². The first kappa shape index (κ1) is 11.9. The van der Waals surface area contributed by atoms with Gasteiger partial charge in [0.1, 0.15) is 0 Å². The van der Waals surface area contributed by atoms with E-state index in [0.29, 0.717) is 22.3 Å². The van der Waals surface area contributed by atoms with Crippen LogP contribution in [0.3, 0.4) is 0 Å². The van der Waals surface area contributed by atoms with Crippen LogP contribution >= 0.6 is 0 Å². The van der Waals surface area contributed by atoms with Crippen molar-refractivity contribution >= 4 is 11.6 Å². The van der Waals surface area contributed by atoms with Gasteiger partial charge in [-0.25, -0.2) is 0 Å². The Kier molecular flexibility index (Phi) is 2.70. The molecule has 0 aromatic rings. The van der Waals surface area contributed by atoms with Crippen LogP contribution in [0.25, 0.3) is 0 Å². The molecule has 0 radical (unpaired) electrons. The van der Waals surface area contributed by atoms with Crippen LogP contribution in [0.15, 0.2) is 22.3 Å². The Morgan fingerprint density at radius 2 is 1.40 bits per heavy atom. The van der Waals surface area contributed by atoms with Gasteiger partial charge in [0.2, 0.25) is 0 Å². The van der Waals surface area contributed by atoms with Crippen molar-refractivity contribution in [3.05, 3.63) is 22.3 Å². The monoisotopic (exact) mass is 208 g/mol. The fourth-order valence-electron chi connectivity index (χ4n) is 1.97. The number of carbonyl (C=O) groups is 2. The lowest BCUT2D eigenvalue weighted by Gasteiger charge is -2.33. The summed E-state index contributed by atoms with van der Waals surface area (Å²) in [4.78, 5) is 23.2. The van der Waals surface area contributed by atoms with Crippen molar-refractivity contribution in [1.82, 2.24) is 0 Å². The van der Waals surface area contributed by atoms with E-state index in [-0.39, 0.29) is 11.6 Å². The van der Waals surface area contributed by atoms with Crippen molar-refractivity contribution in [3.63, 3.8) is 0 Å². The molecule has 1 rings (SSSR count). The molecule has 0 unspecified atom stereocenters. The molecule has 0 aromatic carbocycles. The Balaban J connectivity index is 3.54. The lowest BCUT2D eigenvalue weighted by molar-refractivity contribution is -0.129. The number of hydrogen-bond acceptors (Lipinski definition) is 3. The smallest absolute Gasteiger partial charge is 0.184 e. The zero-order valence-electron chi connectivity index (χ0n) is 9.76. The summed E-state index contributed by atoms with van der Waals surface area (Å²) in [6.45, 7) is 7.88. The van der Waals surface area contributed by atoms with Gasteiger partial charge in [0.05, 0.1) is 0 Å². The minimum absolute atomic E-state index is 0.0871. The highest BCUT2D eigenvalue weighted by molar-refractivity contribution is 6.13. The molecule has 3 heteroatoms. The van der Waals surface area contributed by atoms with E-state index in [1.54, 1.807) is 27.7 Å². The zero-order chi connectivity index (χ0) is 12.0. The quantitative estimate of drug-likeness (QED) is 0.711. The largest absolute Gasteiger partial charge is 0.374 e. The Labute approximate surface area is 89.5 Å². The summed E-state index contributed by atoms with van der Waals surface area (Å²) < 4.78 is 0. The van der Waals surface area contributed by atoms with Gasteiger partial charge in [0, 0.05) is 0 Å². The van der Waals surface area contributed by atoms with E-state index in [2.05, 4.69) is 0 Å². The highest BCUT2D eigenvalue weighted by Crippen LogP contribution is 2.36.